The molecule has 0 radical (unpaired) electrons. The van der Waals surface area contributed by atoms with Crippen molar-refractivity contribution in [3.63, 3.8) is 0 Å². The first kappa shape index (κ1) is 11.3. The molecule has 0 saturated carbocycles. The van der Waals surface area contributed by atoms with Crippen LogP contribution in [-0.2, 0) is 6.42 Å². The van der Waals surface area contributed by atoms with Crippen molar-refractivity contribution >= 4 is 5.97 Å². The van der Waals surface area contributed by atoms with E-state index >= 15 is 0 Å². The maximum atomic E-state index is 10.6. The van der Waals surface area contributed by atoms with E-state index in [1.165, 1.54) is 0 Å². The fourth-order valence-electron chi connectivity index (χ4n) is 1.43. The van der Waals surface area contributed by atoms with E-state index < -0.39 is 12.0 Å². The third-order valence-electron chi connectivity index (χ3n) is 2.25. The van der Waals surface area contributed by atoms with Crippen molar-refractivity contribution in [3.05, 3.63) is 47.6 Å². The summed E-state index contributed by atoms with van der Waals surface area (Å²) in [4.78, 5) is 14.3. The van der Waals surface area contributed by atoms with Gasteiger partial charge in [-0.3, -0.25) is 0 Å². The lowest BCUT2D eigenvalue weighted by atomic mass is 10.1. The van der Waals surface area contributed by atoms with Crippen LogP contribution in [0.15, 0.2) is 34.9 Å². The Bertz CT molecular complexity index is 510. The predicted octanol–water partition coefficient (Wildman–Crippen LogP) is 1.01. The number of aromatic carboxylic acids is 1. The Kier molecular flexibility index (Phi) is 3.15. The summed E-state index contributed by atoms with van der Waals surface area (Å²) >= 11 is 0. The largest absolute Gasteiger partial charge is 0.475 e. The topological polar surface area (TPSA) is 102 Å². The number of aromatic nitrogens is 2. The second-order valence-corrected chi connectivity index (χ2v) is 3.56. The first-order valence-corrected chi connectivity index (χ1v) is 5.03. The van der Waals surface area contributed by atoms with E-state index in [4.69, 9.17) is 15.4 Å². The molecular formula is C11H11N3O3. The molecule has 0 spiro atoms. The average Bonchev–Trinajstić information content (AvgIpc) is 2.79. The van der Waals surface area contributed by atoms with E-state index in [-0.39, 0.29) is 11.7 Å². The third-order valence-corrected chi connectivity index (χ3v) is 2.25. The minimum Gasteiger partial charge on any atom is -0.475 e. The SMILES string of the molecule is N[C@H](Cc1ccccc1)c1nc(C(=O)O)no1. The van der Waals surface area contributed by atoms with E-state index in [1.807, 2.05) is 30.3 Å². The Hall–Kier alpha value is -2.21. The van der Waals surface area contributed by atoms with Crippen LogP contribution in [0.1, 0.15) is 28.1 Å². The summed E-state index contributed by atoms with van der Waals surface area (Å²) in [6, 6.07) is 9.06. The lowest BCUT2D eigenvalue weighted by Crippen LogP contribution is -2.14. The van der Waals surface area contributed by atoms with E-state index in [2.05, 4.69) is 10.1 Å². The molecule has 3 N–H and O–H groups in total. The van der Waals surface area contributed by atoms with Crippen LogP contribution in [0.2, 0.25) is 0 Å². The normalized spacial score (nSPS) is 12.3. The first-order chi connectivity index (χ1) is 8.16. The molecule has 6 nitrogen and oxygen atoms in total. The van der Waals surface area contributed by atoms with Crippen LogP contribution in [-0.4, -0.2) is 21.2 Å². The number of benzene rings is 1. The molecular weight excluding hydrogens is 222 g/mol. The number of carboxylic acids is 1. The number of hydrogen-bond acceptors (Lipinski definition) is 5. The van der Waals surface area contributed by atoms with Gasteiger partial charge < -0.3 is 15.4 Å². The fraction of sp³-hybridized carbons (Fsp3) is 0.182. The van der Waals surface area contributed by atoms with Gasteiger partial charge in [0.25, 0.3) is 5.82 Å². The van der Waals surface area contributed by atoms with Crippen molar-refractivity contribution in [2.75, 3.05) is 0 Å². The third kappa shape index (κ3) is 2.67. The van der Waals surface area contributed by atoms with Crippen molar-refractivity contribution < 1.29 is 14.4 Å². The highest BCUT2D eigenvalue weighted by Crippen LogP contribution is 2.14. The molecule has 88 valence electrons. The highest BCUT2D eigenvalue weighted by molar-refractivity contribution is 5.82. The van der Waals surface area contributed by atoms with Gasteiger partial charge in [0.1, 0.15) is 0 Å². The summed E-state index contributed by atoms with van der Waals surface area (Å²) in [5.41, 5.74) is 6.87. The molecule has 1 aromatic carbocycles. The number of nitrogens with zero attached hydrogens (tertiary/aromatic N) is 2. The lowest BCUT2D eigenvalue weighted by Gasteiger charge is -2.05. The van der Waals surface area contributed by atoms with Gasteiger partial charge in [-0.05, 0) is 17.1 Å². The summed E-state index contributed by atoms with van der Waals surface area (Å²) in [5.74, 6) is -1.47. The molecule has 0 aliphatic heterocycles. The van der Waals surface area contributed by atoms with E-state index in [0.29, 0.717) is 6.42 Å². The molecule has 2 rings (SSSR count). The summed E-state index contributed by atoms with van der Waals surface area (Å²) in [6.07, 6.45) is 0.516. The van der Waals surface area contributed by atoms with Crippen LogP contribution in [0.4, 0.5) is 0 Å². The average molecular weight is 233 g/mol. The van der Waals surface area contributed by atoms with Gasteiger partial charge in [0.15, 0.2) is 0 Å². The van der Waals surface area contributed by atoms with Crippen molar-refractivity contribution in [1.82, 2.24) is 10.1 Å². The molecule has 1 heterocycles. The van der Waals surface area contributed by atoms with Crippen molar-refractivity contribution in [2.24, 2.45) is 5.73 Å². The molecule has 0 aliphatic carbocycles. The molecule has 0 unspecified atom stereocenters. The number of rotatable bonds is 4. The Morgan fingerprint density at radius 3 is 2.71 bits per heavy atom. The Labute approximate surface area is 97.1 Å². The summed E-state index contributed by atoms with van der Waals surface area (Å²) in [7, 11) is 0. The molecule has 0 fully saturated rings. The molecule has 1 aromatic heterocycles. The van der Waals surface area contributed by atoms with Gasteiger partial charge in [0, 0.05) is 0 Å². The number of nitrogens with two attached hydrogens (primary N) is 1. The van der Waals surface area contributed by atoms with Gasteiger partial charge in [-0.1, -0.05) is 30.3 Å². The smallest absolute Gasteiger partial charge is 0.377 e. The zero-order valence-corrected chi connectivity index (χ0v) is 8.91. The zero-order chi connectivity index (χ0) is 12.3. The quantitative estimate of drug-likeness (QED) is 0.817. The van der Waals surface area contributed by atoms with Gasteiger partial charge in [-0.25, -0.2) is 4.79 Å². The monoisotopic (exact) mass is 233 g/mol. The second-order valence-electron chi connectivity index (χ2n) is 3.56. The second kappa shape index (κ2) is 4.75. The highest BCUT2D eigenvalue weighted by Gasteiger charge is 2.18. The van der Waals surface area contributed by atoms with E-state index in [1.54, 1.807) is 0 Å². The number of carboxylic acid groups (broad SMARTS) is 1. The van der Waals surface area contributed by atoms with Gasteiger partial charge in [-0.2, -0.15) is 4.98 Å². The maximum Gasteiger partial charge on any atom is 0.377 e. The molecule has 0 aliphatic rings. The number of carbonyl (C=O) groups is 1. The van der Waals surface area contributed by atoms with Crippen LogP contribution in [0.3, 0.4) is 0 Å². The minimum atomic E-state index is -1.23. The van der Waals surface area contributed by atoms with Crippen LogP contribution >= 0.6 is 0 Å². The number of hydrogen-bond donors (Lipinski definition) is 2. The van der Waals surface area contributed by atoms with Gasteiger partial charge in [0.2, 0.25) is 5.89 Å². The minimum absolute atomic E-state index is 0.131. The molecule has 0 amide bonds. The van der Waals surface area contributed by atoms with E-state index in [0.717, 1.165) is 5.56 Å². The van der Waals surface area contributed by atoms with Crippen LogP contribution in [0.25, 0.3) is 0 Å². The zero-order valence-electron chi connectivity index (χ0n) is 8.91. The first-order valence-electron chi connectivity index (χ1n) is 5.03. The Morgan fingerprint density at radius 1 is 1.41 bits per heavy atom. The molecule has 1 atom stereocenters. The fourth-order valence-corrected chi connectivity index (χ4v) is 1.43. The molecule has 0 bridgehead atoms. The van der Waals surface area contributed by atoms with Crippen molar-refractivity contribution in [2.45, 2.75) is 12.5 Å². The van der Waals surface area contributed by atoms with Crippen molar-refractivity contribution in [3.8, 4) is 0 Å². The highest BCUT2D eigenvalue weighted by atomic mass is 16.5. The van der Waals surface area contributed by atoms with Gasteiger partial charge in [0.05, 0.1) is 6.04 Å². The molecule has 17 heavy (non-hydrogen) atoms. The Balaban J connectivity index is 2.09. The maximum absolute atomic E-state index is 10.6. The van der Waals surface area contributed by atoms with E-state index in [9.17, 15) is 4.79 Å². The van der Waals surface area contributed by atoms with Crippen LogP contribution < -0.4 is 5.73 Å². The standard InChI is InChI=1S/C11H11N3O3/c12-8(6-7-4-2-1-3-5-7)10-13-9(11(15)16)14-17-10/h1-5,8H,6,12H2,(H,15,16)/t8-/m1/s1. The summed E-state index contributed by atoms with van der Waals surface area (Å²) in [5, 5.41) is 12.0. The van der Waals surface area contributed by atoms with Crippen LogP contribution in [0.5, 0.6) is 0 Å². The van der Waals surface area contributed by atoms with Crippen molar-refractivity contribution in [1.29, 1.82) is 0 Å². The summed E-state index contributed by atoms with van der Waals surface area (Å²) < 4.78 is 4.79. The molecule has 2 aromatic rings. The van der Waals surface area contributed by atoms with Gasteiger partial charge >= 0.3 is 5.97 Å². The summed E-state index contributed by atoms with van der Waals surface area (Å²) in [6.45, 7) is 0. The molecule has 6 heteroatoms. The lowest BCUT2D eigenvalue weighted by molar-refractivity contribution is 0.0680. The molecule has 0 saturated heterocycles. The van der Waals surface area contributed by atoms with Crippen LogP contribution in [0, 0.1) is 0 Å². The predicted molar refractivity (Wildman–Crippen MR) is 58.3 cm³/mol. The Morgan fingerprint density at radius 2 is 2.12 bits per heavy atom. The van der Waals surface area contributed by atoms with Gasteiger partial charge in [-0.15, -0.1) is 0 Å².